The second kappa shape index (κ2) is 7.34. The fourth-order valence-electron chi connectivity index (χ4n) is 2.83. The molecular weight excluding hydrogens is 305 g/mol. The summed E-state index contributed by atoms with van der Waals surface area (Å²) in [5, 5.41) is 2.81. The second-order valence-electron chi connectivity index (χ2n) is 6.26. The minimum atomic E-state index is -4.18. The van der Waals surface area contributed by atoms with Gasteiger partial charge in [0.25, 0.3) is 0 Å². The normalized spacial score (nSPS) is 21.0. The number of piperidine rings is 1. The predicted octanol–water partition coefficient (Wildman–Crippen LogP) is 3.27. The fraction of sp³-hybridized carbons (Fsp3) is 0.588. The molecule has 0 aliphatic carbocycles. The highest BCUT2D eigenvalue weighted by molar-refractivity contribution is 5.81. The van der Waals surface area contributed by atoms with E-state index < -0.39 is 18.1 Å². The van der Waals surface area contributed by atoms with Gasteiger partial charge in [0, 0.05) is 13.1 Å². The third-order valence-corrected chi connectivity index (χ3v) is 4.43. The van der Waals surface area contributed by atoms with Gasteiger partial charge in [0.1, 0.15) is 0 Å². The van der Waals surface area contributed by atoms with Gasteiger partial charge in [-0.15, -0.1) is 0 Å². The minimum Gasteiger partial charge on any atom is -0.351 e. The summed E-state index contributed by atoms with van der Waals surface area (Å²) in [7, 11) is 0. The Kier molecular flexibility index (Phi) is 5.68. The molecule has 2 rings (SSSR count). The summed E-state index contributed by atoms with van der Waals surface area (Å²) in [5.74, 6) is -1.56. The maximum absolute atomic E-state index is 12.9. The van der Waals surface area contributed by atoms with Crippen molar-refractivity contribution in [3.8, 4) is 0 Å². The van der Waals surface area contributed by atoms with Crippen molar-refractivity contribution in [1.82, 2.24) is 10.2 Å². The molecule has 0 spiro atoms. The first-order valence-corrected chi connectivity index (χ1v) is 7.91. The lowest BCUT2D eigenvalue weighted by molar-refractivity contribution is -0.188. The summed E-state index contributed by atoms with van der Waals surface area (Å²) in [4.78, 5) is 13.8. The summed E-state index contributed by atoms with van der Waals surface area (Å²) in [6, 6.07) is 7.24. The summed E-state index contributed by atoms with van der Waals surface area (Å²) in [6.45, 7) is 4.48. The maximum atomic E-state index is 12.9. The standard InChI is InChI=1S/C17H23F3N2O/c1-12-5-7-14(8-6-12)10-21-16(23)13(2)22-9-3-4-15(11-22)17(18,19)20/h5-8,13,15H,3-4,9-11H2,1-2H3,(H,21,23)/t13-,15-/m0/s1. The Balaban J connectivity index is 1.87. The van der Waals surface area contributed by atoms with E-state index >= 15 is 0 Å². The molecule has 128 valence electrons. The minimum absolute atomic E-state index is 0.0946. The Hall–Kier alpha value is -1.56. The monoisotopic (exact) mass is 328 g/mol. The van der Waals surface area contributed by atoms with E-state index in [2.05, 4.69) is 5.32 Å². The lowest BCUT2D eigenvalue weighted by Crippen LogP contribution is -2.51. The largest absolute Gasteiger partial charge is 0.393 e. The van der Waals surface area contributed by atoms with E-state index in [1.807, 2.05) is 31.2 Å². The molecule has 1 fully saturated rings. The number of amides is 1. The summed E-state index contributed by atoms with van der Waals surface area (Å²) in [5.41, 5.74) is 2.11. The molecule has 2 atom stereocenters. The van der Waals surface area contributed by atoms with Crippen LogP contribution in [0.2, 0.25) is 0 Å². The zero-order chi connectivity index (χ0) is 17.0. The number of carbonyl (C=O) groups is 1. The van der Waals surface area contributed by atoms with Crippen LogP contribution >= 0.6 is 0 Å². The molecule has 1 aliphatic rings. The molecule has 1 aromatic rings. The molecule has 0 aromatic heterocycles. The first-order chi connectivity index (χ1) is 10.8. The number of likely N-dealkylation sites (tertiary alicyclic amines) is 1. The third kappa shape index (κ3) is 4.96. The second-order valence-corrected chi connectivity index (χ2v) is 6.26. The molecule has 1 aliphatic heterocycles. The first kappa shape index (κ1) is 17.8. The van der Waals surface area contributed by atoms with Crippen molar-refractivity contribution in [3.63, 3.8) is 0 Å². The highest BCUT2D eigenvalue weighted by Crippen LogP contribution is 2.33. The lowest BCUT2D eigenvalue weighted by Gasteiger charge is -2.36. The van der Waals surface area contributed by atoms with Crippen LogP contribution in [0, 0.1) is 12.8 Å². The summed E-state index contributed by atoms with van der Waals surface area (Å²) >= 11 is 0. The van der Waals surface area contributed by atoms with E-state index in [0.29, 0.717) is 19.5 Å². The van der Waals surface area contributed by atoms with E-state index in [1.54, 1.807) is 11.8 Å². The van der Waals surface area contributed by atoms with E-state index in [1.165, 1.54) is 0 Å². The van der Waals surface area contributed by atoms with Gasteiger partial charge in [-0.2, -0.15) is 13.2 Å². The predicted molar refractivity (Wildman–Crippen MR) is 82.8 cm³/mol. The molecule has 1 N–H and O–H groups in total. The van der Waals surface area contributed by atoms with Crippen LogP contribution in [0.5, 0.6) is 0 Å². The zero-order valence-corrected chi connectivity index (χ0v) is 13.5. The Morgan fingerprint density at radius 3 is 2.61 bits per heavy atom. The zero-order valence-electron chi connectivity index (χ0n) is 13.5. The number of hydrogen-bond acceptors (Lipinski definition) is 2. The van der Waals surface area contributed by atoms with E-state index in [-0.39, 0.29) is 18.9 Å². The van der Waals surface area contributed by atoms with Gasteiger partial charge >= 0.3 is 6.18 Å². The van der Waals surface area contributed by atoms with Crippen molar-refractivity contribution >= 4 is 5.91 Å². The smallest absolute Gasteiger partial charge is 0.351 e. The van der Waals surface area contributed by atoms with Crippen molar-refractivity contribution in [2.24, 2.45) is 5.92 Å². The molecule has 0 unspecified atom stereocenters. The molecule has 23 heavy (non-hydrogen) atoms. The van der Waals surface area contributed by atoms with E-state index in [0.717, 1.165) is 11.1 Å². The van der Waals surface area contributed by atoms with Crippen LogP contribution in [0.25, 0.3) is 0 Å². The maximum Gasteiger partial charge on any atom is 0.393 e. The molecular formula is C17H23F3N2O. The number of halogens is 3. The van der Waals surface area contributed by atoms with Crippen molar-refractivity contribution in [2.75, 3.05) is 13.1 Å². The van der Waals surface area contributed by atoms with Crippen LogP contribution in [0.1, 0.15) is 30.9 Å². The highest BCUT2D eigenvalue weighted by Gasteiger charge is 2.43. The van der Waals surface area contributed by atoms with Crippen LogP contribution in [0.3, 0.4) is 0 Å². The molecule has 0 radical (unpaired) electrons. The topological polar surface area (TPSA) is 32.3 Å². The quantitative estimate of drug-likeness (QED) is 0.920. The lowest BCUT2D eigenvalue weighted by atomic mass is 9.96. The van der Waals surface area contributed by atoms with Crippen LogP contribution in [-0.2, 0) is 11.3 Å². The molecule has 0 bridgehead atoms. The number of hydrogen-bond donors (Lipinski definition) is 1. The van der Waals surface area contributed by atoms with Crippen LogP contribution < -0.4 is 5.32 Å². The first-order valence-electron chi connectivity index (χ1n) is 7.91. The Morgan fingerprint density at radius 1 is 1.35 bits per heavy atom. The number of carbonyl (C=O) groups excluding carboxylic acids is 1. The number of aryl methyl sites for hydroxylation is 1. The van der Waals surface area contributed by atoms with Crippen molar-refractivity contribution in [2.45, 2.75) is 45.5 Å². The van der Waals surface area contributed by atoms with E-state index in [9.17, 15) is 18.0 Å². The van der Waals surface area contributed by atoms with Crippen LogP contribution in [-0.4, -0.2) is 36.1 Å². The SMILES string of the molecule is Cc1ccc(CNC(=O)[C@H](C)N2CCC[C@H](C(F)(F)F)C2)cc1. The van der Waals surface area contributed by atoms with E-state index in [4.69, 9.17) is 0 Å². The van der Waals surface area contributed by atoms with Gasteiger partial charge in [0.15, 0.2) is 0 Å². The van der Waals surface area contributed by atoms with Gasteiger partial charge in [-0.25, -0.2) is 0 Å². The molecule has 6 heteroatoms. The number of rotatable bonds is 4. The third-order valence-electron chi connectivity index (χ3n) is 4.43. The molecule has 1 aromatic carbocycles. The molecule has 1 saturated heterocycles. The van der Waals surface area contributed by atoms with Gasteiger partial charge in [-0.3, -0.25) is 9.69 Å². The average Bonchev–Trinajstić information content (AvgIpc) is 2.52. The fourth-order valence-corrected chi connectivity index (χ4v) is 2.83. The molecule has 0 saturated carbocycles. The van der Waals surface area contributed by atoms with Crippen LogP contribution in [0.4, 0.5) is 13.2 Å². The Labute approximate surface area is 134 Å². The van der Waals surface area contributed by atoms with Gasteiger partial charge in [0.05, 0.1) is 12.0 Å². The highest BCUT2D eigenvalue weighted by atomic mass is 19.4. The van der Waals surface area contributed by atoms with Crippen LogP contribution in [0.15, 0.2) is 24.3 Å². The Bertz CT molecular complexity index is 528. The molecule has 1 amide bonds. The molecule has 3 nitrogen and oxygen atoms in total. The average molecular weight is 328 g/mol. The van der Waals surface area contributed by atoms with Gasteiger partial charge in [0.2, 0.25) is 5.91 Å². The molecule has 1 heterocycles. The van der Waals surface area contributed by atoms with Gasteiger partial charge in [-0.1, -0.05) is 29.8 Å². The Morgan fingerprint density at radius 2 is 2.00 bits per heavy atom. The van der Waals surface area contributed by atoms with Gasteiger partial charge < -0.3 is 5.32 Å². The van der Waals surface area contributed by atoms with Crippen molar-refractivity contribution in [3.05, 3.63) is 35.4 Å². The van der Waals surface area contributed by atoms with Gasteiger partial charge in [-0.05, 0) is 38.8 Å². The summed E-state index contributed by atoms with van der Waals surface area (Å²) < 4.78 is 38.6. The van der Waals surface area contributed by atoms with Crippen molar-refractivity contribution in [1.29, 1.82) is 0 Å². The van der Waals surface area contributed by atoms with Crippen molar-refractivity contribution < 1.29 is 18.0 Å². The number of nitrogens with one attached hydrogen (secondary N) is 1. The summed E-state index contributed by atoms with van der Waals surface area (Å²) in [6.07, 6.45) is -3.56. The number of nitrogens with zero attached hydrogens (tertiary/aromatic N) is 1. The number of alkyl halides is 3. The number of benzene rings is 1.